The van der Waals surface area contributed by atoms with Crippen molar-refractivity contribution in [2.75, 3.05) is 13.3 Å². The summed E-state index contributed by atoms with van der Waals surface area (Å²) in [7, 11) is -1.76. The lowest BCUT2D eigenvalue weighted by molar-refractivity contribution is 0.0562. The second-order valence-electron chi connectivity index (χ2n) is 6.49. The van der Waals surface area contributed by atoms with E-state index in [0.717, 1.165) is 6.42 Å². The summed E-state index contributed by atoms with van der Waals surface area (Å²) < 4.78 is 22.7. The fourth-order valence-corrected chi connectivity index (χ4v) is 3.88. The van der Waals surface area contributed by atoms with Gasteiger partial charge < -0.3 is 9.26 Å². The first-order chi connectivity index (χ1) is 9.24. The highest BCUT2D eigenvalue weighted by Gasteiger charge is 2.28. The van der Waals surface area contributed by atoms with Crippen molar-refractivity contribution in [3.05, 3.63) is 0 Å². The lowest BCUT2D eigenvalue weighted by atomic mass is 9.88. The van der Waals surface area contributed by atoms with Crippen molar-refractivity contribution >= 4 is 13.6 Å². The maximum Gasteiger partial charge on any atom is 0.414 e. The molecule has 0 spiro atoms. The smallest absolute Gasteiger partial charge is 0.414 e. The van der Waals surface area contributed by atoms with Gasteiger partial charge in [0, 0.05) is 13.3 Å². The van der Waals surface area contributed by atoms with Crippen molar-refractivity contribution in [1.29, 1.82) is 0 Å². The Morgan fingerprint density at radius 3 is 2.35 bits per heavy atom. The third kappa shape index (κ3) is 6.76. The Balaban J connectivity index is 2.45. The molecule has 0 radical (unpaired) electrons. The van der Waals surface area contributed by atoms with Gasteiger partial charge in [0.1, 0.15) is 5.60 Å². The molecular formula is C14H28NO4P. The molecule has 118 valence electrons. The summed E-state index contributed by atoms with van der Waals surface area (Å²) in [4.78, 5) is 11.7. The van der Waals surface area contributed by atoms with Gasteiger partial charge in [-0.25, -0.2) is 4.79 Å². The molecule has 0 aromatic rings. The average Bonchev–Trinajstić information content (AvgIpc) is 2.35. The molecule has 1 amide bonds. The van der Waals surface area contributed by atoms with Gasteiger partial charge in [-0.05, 0) is 33.1 Å². The van der Waals surface area contributed by atoms with Gasteiger partial charge in [0.2, 0.25) is 0 Å². The molecule has 1 rings (SSSR count). The normalized spacial score (nSPS) is 20.2. The van der Waals surface area contributed by atoms with Crippen LogP contribution >= 0.6 is 7.52 Å². The van der Waals surface area contributed by atoms with E-state index in [-0.39, 0.29) is 0 Å². The van der Waals surface area contributed by atoms with Crippen LogP contribution in [0, 0.1) is 5.92 Å². The summed E-state index contributed by atoms with van der Waals surface area (Å²) in [6.45, 7) is 5.31. The predicted molar refractivity (Wildman–Crippen MR) is 80.0 cm³/mol. The number of ether oxygens (including phenoxy) is 1. The van der Waals surface area contributed by atoms with Gasteiger partial charge in [-0.2, -0.15) is 0 Å². The second kappa shape index (κ2) is 7.46. The summed E-state index contributed by atoms with van der Waals surface area (Å²) in [6, 6.07) is 0. The molecule has 1 atom stereocenters. The monoisotopic (exact) mass is 305 g/mol. The highest BCUT2D eigenvalue weighted by Crippen LogP contribution is 2.44. The van der Waals surface area contributed by atoms with Gasteiger partial charge >= 0.3 is 6.09 Å². The van der Waals surface area contributed by atoms with Crippen LogP contribution in [0.3, 0.4) is 0 Å². The molecule has 0 saturated heterocycles. The molecule has 1 saturated carbocycles. The molecule has 0 aromatic carbocycles. The molecule has 5 nitrogen and oxygen atoms in total. The Morgan fingerprint density at radius 2 is 1.85 bits per heavy atom. The lowest BCUT2D eigenvalue weighted by Crippen LogP contribution is -2.32. The Hall–Kier alpha value is -0.540. The number of amides is 1. The van der Waals surface area contributed by atoms with Crippen molar-refractivity contribution in [3.8, 4) is 0 Å². The van der Waals surface area contributed by atoms with E-state index in [4.69, 9.17) is 9.26 Å². The van der Waals surface area contributed by atoms with Crippen LogP contribution in [0.25, 0.3) is 0 Å². The first-order valence-electron chi connectivity index (χ1n) is 7.40. The predicted octanol–water partition coefficient (Wildman–Crippen LogP) is 4.32. The van der Waals surface area contributed by atoms with Crippen molar-refractivity contribution in [1.82, 2.24) is 5.09 Å². The molecule has 0 aromatic heterocycles. The molecule has 1 aliphatic carbocycles. The molecule has 1 aliphatic rings. The summed E-state index contributed by atoms with van der Waals surface area (Å²) in [6.07, 6.45) is 6.73. The number of nitrogens with one attached hydrogen (secondary N) is 1. The van der Waals surface area contributed by atoms with E-state index < -0.39 is 19.2 Å². The first-order valence-corrected chi connectivity index (χ1v) is 9.21. The SMILES string of the molecule is COP(=O)(CCC1CCCCC1)NC(=O)OC(C)(C)C. The largest absolute Gasteiger partial charge is 0.444 e. The third-order valence-corrected chi connectivity index (χ3v) is 5.47. The van der Waals surface area contributed by atoms with E-state index in [9.17, 15) is 9.36 Å². The van der Waals surface area contributed by atoms with Gasteiger partial charge in [0.25, 0.3) is 7.52 Å². The van der Waals surface area contributed by atoms with E-state index >= 15 is 0 Å². The molecule has 0 bridgehead atoms. The highest BCUT2D eigenvalue weighted by atomic mass is 31.2. The van der Waals surface area contributed by atoms with Crippen LogP contribution in [0.4, 0.5) is 4.79 Å². The van der Waals surface area contributed by atoms with Crippen LogP contribution in [-0.4, -0.2) is 25.0 Å². The minimum atomic E-state index is -3.13. The lowest BCUT2D eigenvalue weighted by Gasteiger charge is -2.25. The third-order valence-electron chi connectivity index (χ3n) is 3.51. The Morgan fingerprint density at radius 1 is 1.25 bits per heavy atom. The first kappa shape index (κ1) is 17.5. The number of hydrogen-bond acceptors (Lipinski definition) is 4. The van der Waals surface area contributed by atoms with Crippen LogP contribution in [0.15, 0.2) is 0 Å². The highest BCUT2D eigenvalue weighted by molar-refractivity contribution is 7.57. The molecule has 0 heterocycles. The topological polar surface area (TPSA) is 64.6 Å². The number of rotatable bonds is 5. The van der Waals surface area contributed by atoms with Gasteiger partial charge in [0.05, 0.1) is 0 Å². The summed E-state index contributed by atoms with van der Waals surface area (Å²) in [5, 5.41) is 2.41. The van der Waals surface area contributed by atoms with Gasteiger partial charge in [-0.15, -0.1) is 0 Å². The zero-order chi connectivity index (χ0) is 15.2. The Bertz CT molecular complexity index is 359. The van der Waals surface area contributed by atoms with E-state index in [2.05, 4.69) is 5.09 Å². The quantitative estimate of drug-likeness (QED) is 0.768. The van der Waals surface area contributed by atoms with Gasteiger partial charge in [-0.3, -0.25) is 9.65 Å². The van der Waals surface area contributed by atoms with Gasteiger partial charge in [-0.1, -0.05) is 32.1 Å². The average molecular weight is 305 g/mol. The molecule has 20 heavy (non-hydrogen) atoms. The molecule has 1 unspecified atom stereocenters. The van der Waals surface area contributed by atoms with Crippen molar-refractivity contribution in [2.45, 2.75) is 64.9 Å². The summed E-state index contributed by atoms with van der Waals surface area (Å²) in [5.74, 6) is 0.604. The minimum Gasteiger partial charge on any atom is -0.444 e. The molecule has 1 N–H and O–H groups in total. The number of carbonyl (C=O) groups excluding carboxylic acids is 1. The summed E-state index contributed by atoms with van der Waals surface area (Å²) in [5.41, 5.74) is -0.605. The maximum atomic E-state index is 12.5. The van der Waals surface area contributed by atoms with Crippen molar-refractivity contribution < 1.29 is 18.6 Å². The zero-order valence-electron chi connectivity index (χ0n) is 13.1. The summed E-state index contributed by atoms with van der Waals surface area (Å²) >= 11 is 0. The van der Waals surface area contributed by atoms with E-state index in [1.165, 1.54) is 39.2 Å². The van der Waals surface area contributed by atoms with Crippen LogP contribution in [-0.2, 0) is 13.8 Å². The Kier molecular flexibility index (Phi) is 6.53. The molecule has 6 heteroatoms. The van der Waals surface area contributed by atoms with E-state index in [1.54, 1.807) is 20.8 Å². The molecule has 1 fully saturated rings. The maximum absolute atomic E-state index is 12.5. The van der Waals surface area contributed by atoms with E-state index in [1.807, 2.05) is 0 Å². The molecule has 0 aliphatic heterocycles. The van der Waals surface area contributed by atoms with Crippen LogP contribution in [0.2, 0.25) is 0 Å². The van der Waals surface area contributed by atoms with Gasteiger partial charge in [0.15, 0.2) is 0 Å². The van der Waals surface area contributed by atoms with E-state index in [0.29, 0.717) is 12.1 Å². The second-order valence-corrected chi connectivity index (χ2v) is 8.87. The fraction of sp³-hybridized carbons (Fsp3) is 0.929. The molecular weight excluding hydrogens is 277 g/mol. The van der Waals surface area contributed by atoms with Crippen molar-refractivity contribution in [3.63, 3.8) is 0 Å². The van der Waals surface area contributed by atoms with Crippen LogP contribution in [0.5, 0.6) is 0 Å². The fourth-order valence-electron chi connectivity index (χ4n) is 2.46. The van der Waals surface area contributed by atoms with Crippen LogP contribution in [0.1, 0.15) is 59.3 Å². The number of carbonyl (C=O) groups is 1. The minimum absolute atomic E-state index is 0.382. The van der Waals surface area contributed by atoms with Crippen LogP contribution < -0.4 is 5.09 Å². The van der Waals surface area contributed by atoms with Crippen molar-refractivity contribution in [2.24, 2.45) is 5.92 Å². The Labute approximate surface area is 122 Å². The number of hydrogen-bond donors (Lipinski definition) is 1. The standard InChI is InChI=1S/C14H28NO4P/c1-14(2,3)19-13(16)15-20(17,18-4)11-10-12-8-6-5-7-9-12/h12H,5-11H2,1-4H3,(H,15,16,17). The zero-order valence-corrected chi connectivity index (χ0v) is 14.0.